The van der Waals surface area contributed by atoms with Crippen molar-refractivity contribution in [1.82, 2.24) is 15.5 Å². The lowest BCUT2D eigenvalue weighted by molar-refractivity contribution is 0.192. The van der Waals surface area contributed by atoms with Gasteiger partial charge in [0.25, 0.3) is 0 Å². The van der Waals surface area contributed by atoms with Gasteiger partial charge >= 0.3 is 0 Å². The van der Waals surface area contributed by atoms with E-state index in [0.29, 0.717) is 12.1 Å². The quantitative estimate of drug-likeness (QED) is 0.504. The summed E-state index contributed by atoms with van der Waals surface area (Å²) in [6.07, 6.45) is 12.5. The molecule has 2 aliphatic carbocycles. The Balaban J connectivity index is 0.976. The standard InChI is InChI=1S/C30H33ClN4/c31-21-10-11-27-28(12-16-33-29(27)20-21)32-15-5-17-35-18-13-22(14-19-35)34-30-25-8-3-1-6-23(25)24-7-2-4-9-26(24)30/h1-4,6-12,16,22,29-30,32,34H,5,13-15,17-20H2. The third-order valence-corrected chi connectivity index (χ3v) is 8.08. The Morgan fingerprint density at radius 1 is 0.914 bits per heavy atom. The number of fused-ring (bicyclic) bond motifs is 4. The summed E-state index contributed by atoms with van der Waals surface area (Å²) in [4.78, 5) is 7.20. The number of aliphatic imine (C=N–C) groups is 1. The van der Waals surface area contributed by atoms with Crippen LogP contribution >= 0.6 is 11.6 Å². The number of hydrogen-bond acceptors (Lipinski definition) is 4. The number of dihydropyridines is 1. The lowest BCUT2D eigenvalue weighted by Gasteiger charge is -2.34. The maximum Gasteiger partial charge on any atom is 0.0817 e. The van der Waals surface area contributed by atoms with Crippen molar-refractivity contribution in [2.45, 2.75) is 43.8 Å². The monoisotopic (exact) mass is 484 g/mol. The Kier molecular flexibility index (Phi) is 6.60. The van der Waals surface area contributed by atoms with Gasteiger partial charge in [0.1, 0.15) is 0 Å². The van der Waals surface area contributed by atoms with Gasteiger partial charge in [0.05, 0.1) is 12.1 Å². The minimum Gasteiger partial charge on any atom is -0.385 e. The van der Waals surface area contributed by atoms with E-state index in [1.807, 2.05) is 12.3 Å². The van der Waals surface area contributed by atoms with Gasteiger partial charge in [-0.3, -0.25) is 4.99 Å². The molecule has 0 amide bonds. The molecule has 1 fully saturated rings. The Bertz CT molecular complexity index is 1160. The molecule has 0 aromatic heterocycles. The van der Waals surface area contributed by atoms with E-state index >= 15 is 0 Å². The Hall–Kier alpha value is -2.66. The van der Waals surface area contributed by atoms with Crippen LogP contribution in [0.4, 0.5) is 0 Å². The van der Waals surface area contributed by atoms with Crippen LogP contribution in [0.5, 0.6) is 0 Å². The molecule has 2 aromatic rings. The van der Waals surface area contributed by atoms with Crippen molar-refractivity contribution in [1.29, 1.82) is 0 Å². The highest BCUT2D eigenvalue weighted by Gasteiger charge is 2.30. The Labute approximate surface area is 213 Å². The average Bonchev–Trinajstić information content (AvgIpc) is 3.21. The fourth-order valence-corrected chi connectivity index (χ4v) is 6.16. The fourth-order valence-electron chi connectivity index (χ4n) is 5.95. The van der Waals surface area contributed by atoms with Gasteiger partial charge in [0.2, 0.25) is 0 Å². The van der Waals surface area contributed by atoms with Gasteiger partial charge in [0.15, 0.2) is 0 Å². The largest absolute Gasteiger partial charge is 0.385 e. The number of nitrogens with one attached hydrogen (secondary N) is 2. The number of hydrogen-bond donors (Lipinski definition) is 2. The van der Waals surface area contributed by atoms with Crippen LogP contribution in [-0.4, -0.2) is 49.4 Å². The second kappa shape index (κ2) is 10.1. The number of nitrogens with zero attached hydrogens (tertiary/aromatic N) is 2. The third-order valence-electron chi connectivity index (χ3n) is 7.80. The summed E-state index contributed by atoms with van der Waals surface area (Å²) in [6.45, 7) is 4.46. The highest BCUT2D eigenvalue weighted by atomic mass is 35.5. The molecule has 5 heteroatoms. The zero-order valence-corrected chi connectivity index (χ0v) is 20.8. The molecular formula is C30H33ClN4. The molecule has 0 saturated carbocycles. The number of allylic oxidation sites excluding steroid dienone is 3. The summed E-state index contributed by atoms with van der Waals surface area (Å²) in [6, 6.07) is 18.8. The SMILES string of the molecule is ClC1=CC=C2C(NCCCN3CCC(NC4c5ccccc5-c5ccccc54)CC3)=CC=NC2C1. The van der Waals surface area contributed by atoms with Crippen molar-refractivity contribution >= 4 is 17.8 Å². The van der Waals surface area contributed by atoms with Gasteiger partial charge < -0.3 is 15.5 Å². The Morgan fingerprint density at radius 2 is 1.63 bits per heavy atom. The van der Waals surface area contributed by atoms with E-state index in [0.717, 1.165) is 31.0 Å². The first-order valence-electron chi connectivity index (χ1n) is 13.0. The number of benzene rings is 2. The van der Waals surface area contributed by atoms with Crippen LogP contribution in [-0.2, 0) is 0 Å². The normalized spacial score (nSPS) is 22.1. The first kappa shape index (κ1) is 22.8. The summed E-state index contributed by atoms with van der Waals surface area (Å²) < 4.78 is 0. The van der Waals surface area contributed by atoms with Gasteiger partial charge in [-0.25, -0.2) is 0 Å². The minimum atomic E-state index is 0.172. The molecule has 4 aliphatic rings. The van der Waals surface area contributed by atoms with Crippen molar-refractivity contribution in [2.75, 3.05) is 26.2 Å². The van der Waals surface area contributed by atoms with Crippen molar-refractivity contribution in [3.05, 3.63) is 94.2 Å². The molecule has 180 valence electrons. The lowest BCUT2D eigenvalue weighted by atomic mass is 9.94. The zero-order valence-electron chi connectivity index (χ0n) is 20.1. The molecule has 6 rings (SSSR count). The van der Waals surface area contributed by atoms with Gasteiger partial charge in [-0.15, -0.1) is 0 Å². The van der Waals surface area contributed by atoms with Crippen molar-refractivity contribution in [3.8, 4) is 11.1 Å². The summed E-state index contributed by atoms with van der Waals surface area (Å²) >= 11 is 6.19. The summed E-state index contributed by atoms with van der Waals surface area (Å²) in [5.74, 6) is 0. The second-order valence-corrected chi connectivity index (χ2v) is 10.5. The molecule has 1 unspecified atom stereocenters. The Morgan fingerprint density at radius 3 is 2.37 bits per heavy atom. The van der Waals surface area contributed by atoms with Crippen molar-refractivity contribution < 1.29 is 0 Å². The summed E-state index contributed by atoms with van der Waals surface area (Å²) in [5, 5.41) is 8.54. The van der Waals surface area contributed by atoms with E-state index < -0.39 is 0 Å². The number of piperidine rings is 1. The van der Waals surface area contributed by atoms with E-state index in [-0.39, 0.29) is 6.04 Å². The van der Waals surface area contributed by atoms with Gasteiger partial charge in [-0.2, -0.15) is 0 Å². The summed E-state index contributed by atoms with van der Waals surface area (Å²) in [5.41, 5.74) is 8.10. The molecule has 2 aromatic carbocycles. The fraction of sp³-hybridized carbons (Fsp3) is 0.367. The maximum atomic E-state index is 6.19. The number of likely N-dealkylation sites (tertiary alicyclic amines) is 1. The number of halogens is 1. The lowest BCUT2D eigenvalue weighted by Crippen LogP contribution is -2.44. The van der Waals surface area contributed by atoms with E-state index in [9.17, 15) is 0 Å². The molecule has 35 heavy (non-hydrogen) atoms. The second-order valence-electron chi connectivity index (χ2n) is 10.0. The molecule has 0 bridgehead atoms. The first-order chi connectivity index (χ1) is 17.3. The van der Waals surface area contributed by atoms with Crippen LogP contribution < -0.4 is 10.6 Å². The molecule has 2 aliphatic heterocycles. The van der Waals surface area contributed by atoms with Crippen LogP contribution in [0.3, 0.4) is 0 Å². The third kappa shape index (κ3) is 4.75. The zero-order chi connectivity index (χ0) is 23.6. The molecular weight excluding hydrogens is 452 g/mol. The van der Waals surface area contributed by atoms with Crippen LogP contribution in [0, 0.1) is 0 Å². The van der Waals surface area contributed by atoms with Gasteiger partial charge in [0, 0.05) is 41.5 Å². The molecule has 2 N–H and O–H groups in total. The smallest absolute Gasteiger partial charge is 0.0817 e. The molecule has 0 radical (unpaired) electrons. The van der Waals surface area contributed by atoms with E-state index in [2.05, 4.69) is 81.2 Å². The van der Waals surface area contributed by atoms with Crippen LogP contribution in [0.15, 0.2) is 88.1 Å². The van der Waals surface area contributed by atoms with Gasteiger partial charge in [-0.05, 0) is 73.3 Å². The maximum absolute atomic E-state index is 6.19. The van der Waals surface area contributed by atoms with E-state index in [4.69, 9.17) is 11.6 Å². The first-order valence-corrected chi connectivity index (χ1v) is 13.3. The highest BCUT2D eigenvalue weighted by molar-refractivity contribution is 6.29. The van der Waals surface area contributed by atoms with E-state index in [1.54, 1.807) is 0 Å². The van der Waals surface area contributed by atoms with Crippen LogP contribution in [0.1, 0.15) is 42.9 Å². The molecule has 1 atom stereocenters. The van der Waals surface area contributed by atoms with Crippen LogP contribution in [0.2, 0.25) is 0 Å². The molecule has 2 heterocycles. The predicted molar refractivity (Wildman–Crippen MR) is 146 cm³/mol. The molecule has 0 spiro atoms. The van der Waals surface area contributed by atoms with Crippen molar-refractivity contribution in [3.63, 3.8) is 0 Å². The van der Waals surface area contributed by atoms with Gasteiger partial charge in [-0.1, -0.05) is 66.2 Å². The van der Waals surface area contributed by atoms with Crippen molar-refractivity contribution in [2.24, 2.45) is 4.99 Å². The highest BCUT2D eigenvalue weighted by Crippen LogP contribution is 2.43. The topological polar surface area (TPSA) is 39.7 Å². The summed E-state index contributed by atoms with van der Waals surface area (Å²) in [7, 11) is 0. The molecule has 1 saturated heterocycles. The minimum absolute atomic E-state index is 0.172. The van der Waals surface area contributed by atoms with E-state index in [1.165, 1.54) is 59.5 Å². The van der Waals surface area contributed by atoms with Crippen LogP contribution in [0.25, 0.3) is 11.1 Å². The number of rotatable bonds is 7. The average molecular weight is 485 g/mol. The molecule has 4 nitrogen and oxygen atoms in total. The predicted octanol–water partition coefficient (Wildman–Crippen LogP) is 5.58.